The van der Waals surface area contributed by atoms with Crippen molar-refractivity contribution in [1.29, 1.82) is 0 Å². The van der Waals surface area contributed by atoms with Gasteiger partial charge in [-0.3, -0.25) is 15.1 Å². The van der Waals surface area contributed by atoms with Gasteiger partial charge in [0.2, 0.25) is 0 Å². The average Bonchev–Trinajstić information content (AvgIpc) is 3.52. The Labute approximate surface area is 209 Å². The highest BCUT2D eigenvalue weighted by Crippen LogP contribution is 2.44. The number of hydrazone groups is 1. The predicted octanol–water partition coefficient (Wildman–Crippen LogP) is 6.88. The third kappa shape index (κ3) is 3.81. The summed E-state index contributed by atoms with van der Waals surface area (Å²) in [5, 5.41) is 18.4. The van der Waals surface area contributed by atoms with Crippen LogP contribution < -0.4 is 5.01 Å². The van der Waals surface area contributed by atoms with Crippen LogP contribution in [0.25, 0.3) is 5.57 Å². The van der Waals surface area contributed by atoms with Crippen molar-refractivity contribution in [3.63, 3.8) is 0 Å². The van der Waals surface area contributed by atoms with Crippen LogP contribution in [-0.2, 0) is 0 Å². The van der Waals surface area contributed by atoms with Gasteiger partial charge in [0.15, 0.2) is 0 Å². The summed E-state index contributed by atoms with van der Waals surface area (Å²) in [5.41, 5.74) is 7.56. The van der Waals surface area contributed by atoms with Crippen molar-refractivity contribution in [2.45, 2.75) is 6.04 Å². The molecule has 0 amide bonds. The summed E-state index contributed by atoms with van der Waals surface area (Å²) < 4.78 is 0. The molecule has 0 N–H and O–H groups in total. The second-order valence-electron chi connectivity index (χ2n) is 8.86. The summed E-state index contributed by atoms with van der Waals surface area (Å²) >= 11 is 0. The van der Waals surface area contributed by atoms with E-state index in [0.717, 1.165) is 28.1 Å². The molecule has 0 bridgehead atoms. The molecule has 174 valence electrons. The lowest BCUT2D eigenvalue weighted by atomic mass is 9.86. The lowest BCUT2D eigenvalue weighted by molar-refractivity contribution is -0.384. The first-order valence-electron chi connectivity index (χ1n) is 11.9. The molecule has 0 spiro atoms. The molecule has 4 aromatic rings. The van der Waals surface area contributed by atoms with Gasteiger partial charge in [0.1, 0.15) is 0 Å². The van der Waals surface area contributed by atoms with Crippen LogP contribution in [-0.4, -0.2) is 16.7 Å². The van der Waals surface area contributed by atoms with Gasteiger partial charge in [-0.2, -0.15) is 5.10 Å². The number of hydrogen-bond donors (Lipinski definition) is 0. The SMILES string of the molecule is O=[N+]([O-])c1ccc(C2=NN(c3ccccc3)[C@H]3C(=C(c4ccccc4)c4ccccc4)C=C[C@@H]23)cc1. The lowest BCUT2D eigenvalue weighted by Crippen LogP contribution is -2.32. The number of rotatable bonds is 5. The van der Waals surface area contributed by atoms with Crippen LogP contribution in [0.15, 0.2) is 138 Å². The van der Waals surface area contributed by atoms with Crippen molar-refractivity contribution in [2.24, 2.45) is 11.0 Å². The van der Waals surface area contributed by atoms with Gasteiger partial charge in [-0.15, -0.1) is 0 Å². The third-order valence-electron chi connectivity index (χ3n) is 6.74. The van der Waals surface area contributed by atoms with Crippen molar-refractivity contribution in [3.05, 3.63) is 160 Å². The molecule has 0 saturated heterocycles. The van der Waals surface area contributed by atoms with Gasteiger partial charge in [-0.1, -0.05) is 91.0 Å². The maximum absolute atomic E-state index is 11.2. The number of para-hydroxylation sites is 1. The number of benzene rings is 4. The van der Waals surface area contributed by atoms with Gasteiger partial charge in [-0.05, 0) is 52.1 Å². The molecule has 5 nitrogen and oxygen atoms in total. The van der Waals surface area contributed by atoms with E-state index < -0.39 is 0 Å². The summed E-state index contributed by atoms with van der Waals surface area (Å²) in [5.74, 6) is 0.0177. The highest BCUT2D eigenvalue weighted by Gasteiger charge is 2.43. The zero-order chi connectivity index (χ0) is 24.5. The van der Waals surface area contributed by atoms with Crippen molar-refractivity contribution < 1.29 is 4.92 Å². The van der Waals surface area contributed by atoms with E-state index in [0.29, 0.717) is 0 Å². The molecule has 2 aliphatic rings. The Morgan fingerprint density at radius 3 is 1.86 bits per heavy atom. The van der Waals surface area contributed by atoms with E-state index in [9.17, 15) is 10.1 Å². The van der Waals surface area contributed by atoms with Crippen LogP contribution in [0, 0.1) is 16.0 Å². The van der Waals surface area contributed by atoms with E-state index in [1.54, 1.807) is 24.3 Å². The molecule has 2 atom stereocenters. The van der Waals surface area contributed by atoms with Crippen LogP contribution >= 0.6 is 0 Å². The minimum absolute atomic E-state index is 0.0177. The van der Waals surface area contributed by atoms with Crippen LogP contribution in [0.1, 0.15) is 16.7 Å². The molecule has 0 saturated carbocycles. The number of nitro groups is 1. The minimum atomic E-state index is -0.373. The molecule has 1 aliphatic carbocycles. The average molecular weight is 470 g/mol. The van der Waals surface area contributed by atoms with E-state index in [-0.39, 0.29) is 22.6 Å². The summed E-state index contributed by atoms with van der Waals surface area (Å²) in [7, 11) is 0. The molecular formula is C31H23N3O2. The molecule has 0 radical (unpaired) electrons. The largest absolute Gasteiger partial charge is 0.269 e. The Kier molecular flexibility index (Phi) is 5.51. The Hall–Kier alpha value is -4.77. The number of fused-ring (bicyclic) bond motifs is 1. The normalized spacial score (nSPS) is 18.2. The van der Waals surface area contributed by atoms with Crippen molar-refractivity contribution in [1.82, 2.24) is 0 Å². The second kappa shape index (κ2) is 9.12. The van der Waals surface area contributed by atoms with Crippen molar-refractivity contribution in [2.75, 3.05) is 5.01 Å². The highest BCUT2D eigenvalue weighted by atomic mass is 16.6. The van der Waals surface area contributed by atoms with Crippen molar-refractivity contribution >= 4 is 22.7 Å². The first-order valence-corrected chi connectivity index (χ1v) is 11.9. The van der Waals surface area contributed by atoms with E-state index in [1.165, 1.54) is 11.1 Å². The van der Waals surface area contributed by atoms with E-state index in [2.05, 4.69) is 77.8 Å². The fraction of sp³-hybridized carbons (Fsp3) is 0.0645. The molecule has 5 heteroatoms. The predicted molar refractivity (Wildman–Crippen MR) is 144 cm³/mol. The summed E-state index contributed by atoms with van der Waals surface area (Å²) in [6, 6.07) is 37.8. The summed E-state index contributed by atoms with van der Waals surface area (Å²) in [6.07, 6.45) is 4.44. The molecule has 36 heavy (non-hydrogen) atoms. The maximum Gasteiger partial charge on any atom is 0.269 e. The van der Waals surface area contributed by atoms with Gasteiger partial charge in [0.25, 0.3) is 5.69 Å². The van der Waals surface area contributed by atoms with Gasteiger partial charge >= 0.3 is 0 Å². The number of anilines is 1. The van der Waals surface area contributed by atoms with Crippen LogP contribution in [0.4, 0.5) is 11.4 Å². The van der Waals surface area contributed by atoms with Gasteiger partial charge in [-0.25, -0.2) is 0 Å². The summed E-state index contributed by atoms with van der Waals surface area (Å²) in [6.45, 7) is 0. The van der Waals surface area contributed by atoms with E-state index in [4.69, 9.17) is 5.10 Å². The molecule has 1 aliphatic heterocycles. The monoisotopic (exact) mass is 469 g/mol. The lowest BCUT2D eigenvalue weighted by Gasteiger charge is -2.27. The zero-order valence-electron chi connectivity index (χ0n) is 19.4. The molecular weight excluding hydrogens is 446 g/mol. The van der Waals surface area contributed by atoms with Gasteiger partial charge < -0.3 is 0 Å². The van der Waals surface area contributed by atoms with E-state index >= 15 is 0 Å². The number of nitrogens with zero attached hydrogens (tertiary/aromatic N) is 3. The second-order valence-corrected chi connectivity index (χ2v) is 8.86. The molecule has 0 aromatic heterocycles. The smallest absolute Gasteiger partial charge is 0.258 e. The highest BCUT2D eigenvalue weighted by molar-refractivity contribution is 6.08. The van der Waals surface area contributed by atoms with Gasteiger partial charge in [0, 0.05) is 18.1 Å². The fourth-order valence-electron chi connectivity index (χ4n) is 5.12. The van der Waals surface area contributed by atoms with Crippen molar-refractivity contribution in [3.8, 4) is 0 Å². The molecule has 1 heterocycles. The summed E-state index contributed by atoms with van der Waals surface area (Å²) in [4.78, 5) is 10.8. The topological polar surface area (TPSA) is 58.7 Å². The Morgan fingerprint density at radius 2 is 1.31 bits per heavy atom. The zero-order valence-corrected chi connectivity index (χ0v) is 19.4. The fourth-order valence-corrected chi connectivity index (χ4v) is 5.12. The Balaban J connectivity index is 1.52. The molecule has 0 fully saturated rings. The van der Waals surface area contributed by atoms with E-state index in [1.807, 2.05) is 30.3 Å². The standard InChI is InChI=1S/C31H23N3O2/c35-34(36)26-18-16-24(17-19-26)30-28-21-20-27(31(28)33(32-30)25-14-8-3-9-15-25)29(22-10-4-1-5-11-22)23-12-6-2-7-13-23/h1-21,28,31H/t28-,31-/m0/s1. The number of nitro benzene ring substituents is 1. The van der Waals surface area contributed by atoms with Crippen LogP contribution in [0.3, 0.4) is 0 Å². The number of hydrogen-bond acceptors (Lipinski definition) is 4. The molecule has 0 unspecified atom stereocenters. The molecule has 4 aromatic carbocycles. The van der Waals surface area contributed by atoms with Crippen LogP contribution in [0.2, 0.25) is 0 Å². The first kappa shape index (κ1) is 21.7. The number of non-ortho nitro benzene ring substituents is 1. The third-order valence-corrected chi connectivity index (χ3v) is 6.74. The quantitative estimate of drug-likeness (QED) is 0.237. The van der Waals surface area contributed by atoms with Crippen LogP contribution in [0.5, 0.6) is 0 Å². The van der Waals surface area contributed by atoms with Gasteiger partial charge in [0.05, 0.1) is 22.4 Å². The Morgan fingerprint density at radius 1 is 0.750 bits per heavy atom. The Bertz CT molecular complexity index is 1450. The maximum atomic E-state index is 11.2. The first-order chi connectivity index (χ1) is 17.7. The molecule has 6 rings (SSSR count). The minimum Gasteiger partial charge on any atom is -0.258 e.